The summed E-state index contributed by atoms with van der Waals surface area (Å²) in [5.74, 6) is -0.634. The van der Waals surface area contributed by atoms with Crippen molar-refractivity contribution in [2.75, 3.05) is 20.7 Å². The third kappa shape index (κ3) is 3.74. The van der Waals surface area contributed by atoms with E-state index in [4.69, 9.17) is 5.73 Å². The van der Waals surface area contributed by atoms with Crippen LogP contribution >= 0.6 is 0 Å². The maximum atomic E-state index is 11.5. The van der Waals surface area contributed by atoms with E-state index in [1.54, 1.807) is 0 Å². The van der Waals surface area contributed by atoms with Gasteiger partial charge in [0.15, 0.2) is 0 Å². The molecule has 0 aromatic rings. The highest BCUT2D eigenvalue weighted by Gasteiger charge is 2.22. The monoisotopic (exact) mass is 202 g/mol. The molecule has 1 atom stereocenters. The number of methoxy groups -OCH3 is 1. The Labute approximate surface area is 84.2 Å². The third-order valence-electron chi connectivity index (χ3n) is 1.97. The summed E-state index contributed by atoms with van der Waals surface area (Å²) in [6.45, 7) is 3.65. The second kappa shape index (κ2) is 5.59. The van der Waals surface area contributed by atoms with Crippen molar-refractivity contribution in [3.8, 4) is 0 Å². The van der Waals surface area contributed by atoms with Crippen molar-refractivity contribution in [3.63, 3.8) is 0 Å². The molecule has 0 fully saturated rings. The standard InChI is InChI=1S/C9H18N2O3/c1-6(2)8(10)9(13)11(3)5-7(12)14-4/h6,8H,5,10H2,1-4H3. The van der Waals surface area contributed by atoms with Gasteiger partial charge in [-0.3, -0.25) is 9.59 Å². The van der Waals surface area contributed by atoms with Crippen LogP contribution in [0.25, 0.3) is 0 Å². The second-order valence-electron chi connectivity index (χ2n) is 3.54. The van der Waals surface area contributed by atoms with E-state index in [2.05, 4.69) is 4.74 Å². The van der Waals surface area contributed by atoms with E-state index >= 15 is 0 Å². The Hall–Kier alpha value is -1.10. The second-order valence-corrected chi connectivity index (χ2v) is 3.54. The number of carbonyl (C=O) groups excluding carboxylic acids is 2. The van der Waals surface area contributed by atoms with Crippen LogP contribution in [0.4, 0.5) is 0 Å². The summed E-state index contributed by atoms with van der Waals surface area (Å²) in [4.78, 5) is 23.7. The van der Waals surface area contributed by atoms with E-state index in [1.807, 2.05) is 13.8 Å². The molecule has 1 amide bonds. The molecule has 0 aromatic heterocycles. The third-order valence-corrected chi connectivity index (χ3v) is 1.97. The summed E-state index contributed by atoms with van der Waals surface area (Å²) in [6, 6.07) is -0.565. The Bertz CT molecular complexity index is 216. The van der Waals surface area contributed by atoms with Gasteiger partial charge in [-0.05, 0) is 5.92 Å². The largest absolute Gasteiger partial charge is 0.468 e. The van der Waals surface area contributed by atoms with Crippen LogP contribution in [0, 0.1) is 5.92 Å². The molecule has 82 valence electrons. The number of likely N-dealkylation sites (N-methyl/N-ethyl adjacent to an activating group) is 1. The van der Waals surface area contributed by atoms with Crippen molar-refractivity contribution in [2.45, 2.75) is 19.9 Å². The van der Waals surface area contributed by atoms with E-state index in [0.29, 0.717) is 0 Å². The molecule has 0 aromatic carbocycles. The first-order chi connectivity index (χ1) is 6.40. The zero-order valence-corrected chi connectivity index (χ0v) is 9.11. The number of hydrogen-bond acceptors (Lipinski definition) is 4. The molecule has 0 spiro atoms. The topological polar surface area (TPSA) is 72.6 Å². The Morgan fingerprint density at radius 1 is 1.43 bits per heavy atom. The molecular weight excluding hydrogens is 184 g/mol. The van der Waals surface area contributed by atoms with Gasteiger partial charge in [0.1, 0.15) is 6.54 Å². The van der Waals surface area contributed by atoms with Crippen LogP contribution in [0.15, 0.2) is 0 Å². The molecule has 2 N–H and O–H groups in total. The van der Waals surface area contributed by atoms with E-state index in [9.17, 15) is 9.59 Å². The summed E-state index contributed by atoms with van der Waals surface area (Å²) in [5, 5.41) is 0. The van der Waals surface area contributed by atoms with Crippen LogP contribution in [0.5, 0.6) is 0 Å². The normalized spacial score (nSPS) is 12.4. The van der Waals surface area contributed by atoms with Crippen molar-refractivity contribution in [1.82, 2.24) is 4.90 Å². The van der Waals surface area contributed by atoms with Gasteiger partial charge in [0.05, 0.1) is 13.2 Å². The lowest BCUT2D eigenvalue weighted by Crippen LogP contribution is -2.46. The zero-order chi connectivity index (χ0) is 11.3. The highest BCUT2D eigenvalue weighted by Crippen LogP contribution is 2.01. The lowest BCUT2D eigenvalue weighted by molar-refractivity contribution is -0.146. The lowest BCUT2D eigenvalue weighted by atomic mass is 10.0. The van der Waals surface area contributed by atoms with E-state index in [1.165, 1.54) is 19.1 Å². The Morgan fingerprint density at radius 3 is 2.29 bits per heavy atom. The summed E-state index contributed by atoms with van der Waals surface area (Å²) < 4.78 is 4.44. The minimum Gasteiger partial charge on any atom is -0.468 e. The number of nitrogens with two attached hydrogens (primary N) is 1. The summed E-state index contributed by atoms with van der Waals surface area (Å²) in [5.41, 5.74) is 5.63. The summed E-state index contributed by atoms with van der Waals surface area (Å²) in [6.07, 6.45) is 0. The first-order valence-electron chi connectivity index (χ1n) is 4.47. The fraction of sp³-hybridized carbons (Fsp3) is 0.778. The van der Waals surface area contributed by atoms with Gasteiger partial charge < -0.3 is 15.4 Å². The minimum absolute atomic E-state index is 0.0580. The molecule has 0 radical (unpaired) electrons. The smallest absolute Gasteiger partial charge is 0.325 e. The highest BCUT2D eigenvalue weighted by molar-refractivity contribution is 5.85. The predicted octanol–water partition coefficient (Wildman–Crippen LogP) is -0.399. The Morgan fingerprint density at radius 2 is 1.93 bits per heavy atom. The SMILES string of the molecule is COC(=O)CN(C)C(=O)C(N)C(C)C. The molecule has 14 heavy (non-hydrogen) atoms. The Kier molecular flexibility index (Phi) is 5.15. The average Bonchev–Trinajstić information content (AvgIpc) is 2.14. The first kappa shape index (κ1) is 12.9. The van der Waals surface area contributed by atoms with Crippen molar-refractivity contribution in [3.05, 3.63) is 0 Å². The van der Waals surface area contributed by atoms with Crippen LogP contribution in [-0.4, -0.2) is 43.5 Å². The van der Waals surface area contributed by atoms with Gasteiger partial charge in [0, 0.05) is 7.05 Å². The molecule has 0 bridgehead atoms. The Balaban J connectivity index is 4.18. The van der Waals surface area contributed by atoms with Gasteiger partial charge >= 0.3 is 5.97 Å². The molecule has 5 heteroatoms. The van der Waals surface area contributed by atoms with Gasteiger partial charge in [0.25, 0.3) is 0 Å². The van der Waals surface area contributed by atoms with Crippen LogP contribution in [-0.2, 0) is 14.3 Å². The highest BCUT2D eigenvalue weighted by atomic mass is 16.5. The predicted molar refractivity (Wildman–Crippen MR) is 52.5 cm³/mol. The van der Waals surface area contributed by atoms with Crippen LogP contribution in [0.2, 0.25) is 0 Å². The summed E-state index contributed by atoms with van der Waals surface area (Å²) >= 11 is 0. The summed E-state index contributed by atoms with van der Waals surface area (Å²) in [7, 11) is 2.81. The van der Waals surface area contributed by atoms with E-state index in [-0.39, 0.29) is 18.4 Å². The number of ether oxygens (including phenoxy) is 1. The fourth-order valence-electron chi connectivity index (χ4n) is 0.876. The number of amides is 1. The molecule has 1 unspecified atom stereocenters. The molecule has 0 aliphatic carbocycles. The number of hydrogen-bond donors (Lipinski definition) is 1. The molecular formula is C9H18N2O3. The molecule has 0 aliphatic heterocycles. The number of carbonyl (C=O) groups is 2. The average molecular weight is 202 g/mol. The fourth-order valence-corrected chi connectivity index (χ4v) is 0.876. The van der Waals surface area contributed by atoms with Crippen molar-refractivity contribution >= 4 is 11.9 Å². The molecule has 0 heterocycles. The number of nitrogens with zero attached hydrogens (tertiary/aromatic N) is 1. The maximum Gasteiger partial charge on any atom is 0.325 e. The van der Waals surface area contributed by atoms with Crippen molar-refractivity contribution in [1.29, 1.82) is 0 Å². The van der Waals surface area contributed by atoms with Crippen LogP contribution < -0.4 is 5.73 Å². The maximum absolute atomic E-state index is 11.5. The quantitative estimate of drug-likeness (QED) is 0.630. The first-order valence-corrected chi connectivity index (χ1v) is 4.47. The zero-order valence-electron chi connectivity index (χ0n) is 9.11. The van der Waals surface area contributed by atoms with Gasteiger partial charge in [-0.25, -0.2) is 0 Å². The number of esters is 1. The molecule has 0 rings (SSSR count). The van der Waals surface area contributed by atoms with Gasteiger partial charge in [-0.1, -0.05) is 13.8 Å². The minimum atomic E-state index is -0.565. The molecule has 0 aliphatic rings. The van der Waals surface area contributed by atoms with Crippen LogP contribution in [0.1, 0.15) is 13.8 Å². The van der Waals surface area contributed by atoms with E-state index < -0.39 is 12.0 Å². The van der Waals surface area contributed by atoms with Gasteiger partial charge in [-0.2, -0.15) is 0 Å². The van der Waals surface area contributed by atoms with Crippen LogP contribution in [0.3, 0.4) is 0 Å². The molecule has 0 saturated carbocycles. The van der Waals surface area contributed by atoms with Crippen molar-refractivity contribution < 1.29 is 14.3 Å². The van der Waals surface area contributed by atoms with E-state index in [0.717, 1.165) is 0 Å². The van der Waals surface area contributed by atoms with Crippen molar-refractivity contribution in [2.24, 2.45) is 11.7 Å². The molecule has 5 nitrogen and oxygen atoms in total. The number of rotatable bonds is 4. The molecule has 0 saturated heterocycles. The van der Waals surface area contributed by atoms with Gasteiger partial charge in [-0.15, -0.1) is 0 Å². The van der Waals surface area contributed by atoms with Gasteiger partial charge in [0.2, 0.25) is 5.91 Å². The lowest BCUT2D eigenvalue weighted by Gasteiger charge is -2.22.